The molecule has 30 heavy (non-hydrogen) atoms. The standard InChI is InChI=1S/C28H25NS/c1-6-23-24(20-12-8-7-9-13-20)16-22(28(3,4)5)17-25(23)27-29-26(18-30-27)21-14-10-11-19(2)15-21/h1,7-18H,2-5H3. The van der Waals surface area contributed by atoms with Crippen LogP contribution in [0.15, 0.2) is 72.1 Å². The molecule has 1 aromatic heterocycles. The molecule has 4 rings (SSSR count). The average Bonchev–Trinajstić information content (AvgIpc) is 3.23. The molecule has 0 aliphatic carbocycles. The van der Waals surface area contributed by atoms with Crippen LogP contribution in [0.1, 0.15) is 37.5 Å². The molecule has 2 heteroatoms. The van der Waals surface area contributed by atoms with Crippen LogP contribution in [0.3, 0.4) is 0 Å². The van der Waals surface area contributed by atoms with Gasteiger partial charge in [0.05, 0.1) is 5.69 Å². The summed E-state index contributed by atoms with van der Waals surface area (Å²) in [6, 6.07) is 23.3. The van der Waals surface area contributed by atoms with Crippen LogP contribution >= 0.6 is 11.3 Å². The molecule has 3 aromatic carbocycles. The Kier molecular flexibility index (Phi) is 5.33. The first kappa shape index (κ1) is 20.1. The number of nitrogens with zero attached hydrogens (tertiary/aromatic N) is 1. The largest absolute Gasteiger partial charge is 0.236 e. The summed E-state index contributed by atoms with van der Waals surface area (Å²) in [5, 5.41) is 3.08. The summed E-state index contributed by atoms with van der Waals surface area (Å²) in [7, 11) is 0. The molecule has 0 fully saturated rings. The van der Waals surface area contributed by atoms with E-state index < -0.39 is 0 Å². The zero-order valence-electron chi connectivity index (χ0n) is 17.9. The molecule has 0 N–H and O–H groups in total. The molecule has 1 nitrogen and oxygen atoms in total. The summed E-state index contributed by atoms with van der Waals surface area (Å²) < 4.78 is 0. The molecule has 1 heterocycles. The number of terminal acetylenes is 1. The van der Waals surface area contributed by atoms with Crippen LogP contribution in [-0.4, -0.2) is 4.98 Å². The lowest BCUT2D eigenvalue weighted by molar-refractivity contribution is 0.590. The predicted molar refractivity (Wildman–Crippen MR) is 130 cm³/mol. The fourth-order valence-corrected chi connectivity index (χ4v) is 4.43. The minimum atomic E-state index is 0.00202. The molecular formula is C28H25NS. The predicted octanol–water partition coefficient (Wildman–Crippen LogP) is 7.73. The molecule has 148 valence electrons. The lowest BCUT2D eigenvalue weighted by atomic mass is 9.82. The number of benzene rings is 3. The summed E-state index contributed by atoms with van der Waals surface area (Å²) in [6.07, 6.45) is 6.05. The van der Waals surface area contributed by atoms with Gasteiger partial charge in [0.1, 0.15) is 5.01 Å². The van der Waals surface area contributed by atoms with Gasteiger partial charge in [-0.3, -0.25) is 0 Å². The van der Waals surface area contributed by atoms with Crippen LogP contribution in [-0.2, 0) is 5.41 Å². The molecule has 0 aliphatic rings. The Hall–Kier alpha value is -3.15. The van der Waals surface area contributed by atoms with Gasteiger partial charge in [-0.25, -0.2) is 4.98 Å². The van der Waals surface area contributed by atoms with E-state index in [1.807, 2.05) is 6.07 Å². The van der Waals surface area contributed by atoms with E-state index in [1.54, 1.807) is 11.3 Å². The maximum absolute atomic E-state index is 6.05. The van der Waals surface area contributed by atoms with Crippen LogP contribution in [0.25, 0.3) is 33.0 Å². The topological polar surface area (TPSA) is 12.9 Å². The van der Waals surface area contributed by atoms with Crippen LogP contribution in [0, 0.1) is 19.3 Å². The zero-order chi connectivity index (χ0) is 21.3. The second-order valence-corrected chi connectivity index (χ2v) is 9.47. The van der Waals surface area contributed by atoms with Crippen molar-refractivity contribution in [2.24, 2.45) is 0 Å². The highest BCUT2D eigenvalue weighted by Gasteiger charge is 2.21. The van der Waals surface area contributed by atoms with Crippen molar-refractivity contribution in [1.82, 2.24) is 4.98 Å². The van der Waals surface area contributed by atoms with Crippen LogP contribution in [0.2, 0.25) is 0 Å². The second kappa shape index (κ2) is 7.94. The van der Waals surface area contributed by atoms with Crippen molar-refractivity contribution in [2.75, 3.05) is 0 Å². The van der Waals surface area contributed by atoms with Crippen molar-refractivity contribution in [3.05, 3.63) is 88.8 Å². The molecule has 4 aromatic rings. The van der Waals surface area contributed by atoms with E-state index in [4.69, 9.17) is 11.4 Å². The third-order valence-electron chi connectivity index (χ3n) is 5.28. The number of hydrogen-bond donors (Lipinski definition) is 0. The fourth-order valence-electron chi connectivity index (χ4n) is 3.58. The maximum atomic E-state index is 6.05. The van der Waals surface area contributed by atoms with E-state index in [0.29, 0.717) is 0 Å². The Bertz CT molecular complexity index is 1230. The summed E-state index contributed by atoms with van der Waals surface area (Å²) in [4.78, 5) is 4.98. The van der Waals surface area contributed by atoms with Crippen LogP contribution < -0.4 is 0 Å². The second-order valence-electron chi connectivity index (χ2n) is 8.61. The molecule has 0 radical (unpaired) electrons. The highest BCUT2D eigenvalue weighted by Crippen LogP contribution is 2.39. The Morgan fingerprint density at radius 1 is 0.867 bits per heavy atom. The minimum absolute atomic E-state index is 0.00202. The van der Waals surface area contributed by atoms with Gasteiger partial charge in [-0.05, 0) is 47.2 Å². The Balaban J connectivity index is 1.93. The van der Waals surface area contributed by atoms with Gasteiger partial charge in [-0.15, -0.1) is 17.8 Å². The molecule has 0 aliphatic heterocycles. The van der Waals surface area contributed by atoms with E-state index in [0.717, 1.165) is 38.5 Å². The van der Waals surface area contributed by atoms with E-state index in [2.05, 4.69) is 99.7 Å². The van der Waals surface area contributed by atoms with E-state index >= 15 is 0 Å². The van der Waals surface area contributed by atoms with E-state index in [1.165, 1.54) is 11.1 Å². The first-order chi connectivity index (χ1) is 14.4. The van der Waals surface area contributed by atoms with Gasteiger partial charge in [0.25, 0.3) is 0 Å². The Morgan fingerprint density at radius 3 is 2.23 bits per heavy atom. The summed E-state index contributed by atoms with van der Waals surface area (Å²) in [5.74, 6) is 2.96. The van der Waals surface area contributed by atoms with Gasteiger partial charge < -0.3 is 0 Å². The first-order valence-electron chi connectivity index (χ1n) is 10.1. The van der Waals surface area contributed by atoms with Gasteiger partial charge >= 0.3 is 0 Å². The van der Waals surface area contributed by atoms with Crippen LogP contribution in [0.4, 0.5) is 0 Å². The number of aryl methyl sites for hydroxylation is 1. The van der Waals surface area contributed by atoms with Gasteiger partial charge in [0.15, 0.2) is 0 Å². The van der Waals surface area contributed by atoms with Crippen molar-refractivity contribution in [1.29, 1.82) is 0 Å². The monoisotopic (exact) mass is 407 g/mol. The molecule has 0 unspecified atom stereocenters. The van der Waals surface area contributed by atoms with E-state index in [9.17, 15) is 0 Å². The van der Waals surface area contributed by atoms with Gasteiger partial charge in [0.2, 0.25) is 0 Å². The number of thiazole rings is 1. The molecular weight excluding hydrogens is 382 g/mol. The molecule has 0 amide bonds. The number of aromatic nitrogens is 1. The third kappa shape index (κ3) is 3.95. The zero-order valence-corrected chi connectivity index (χ0v) is 18.7. The lowest BCUT2D eigenvalue weighted by Crippen LogP contribution is -2.12. The van der Waals surface area contributed by atoms with E-state index in [-0.39, 0.29) is 5.41 Å². The molecule has 0 bridgehead atoms. The highest BCUT2D eigenvalue weighted by atomic mass is 32.1. The molecule has 0 saturated heterocycles. The molecule has 0 saturated carbocycles. The third-order valence-corrected chi connectivity index (χ3v) is 6.16. The molecule has 0 spiro atoms. The lowest BCUT2D eigenvalue weighted by Gasteiger charge is -2.22. The van der Waals surface area contributed by atoms with Gasteiger partial charge in [0, 0.05) is 22.1 Å². The Labute approximate surface area is 183 Å². The highest BCUT2D eigenvalue weighted by molar-refractivity contribution is 7.13. The Morgan fingerprint density at radius 2 is 1.57 bits per heavy atom. The number of rotatable bonds is 3. The summed E-state index contributed by atoms with van der Waals surface area (Å²) >= 11 is 1.65. The van der Waals surface area contributed by atoms with Crippen molar-refractivity contribution < 1.29 is 0 Å². The average molecular weight is 408 g/mol. The van der Waals surface area contributed by atoms with Crippen molar-refractivity contribution in [3.8, 4) is 45.3 Å². The van der Waals surface area contributed by atoms with Crippen LogP contribution in [0.5, 0.6) is 0 Å². The normalized spacial score (nSPS) is 11.3. The maximum Gasteiger partial charge on any atom is 0.125 e. The molecule has 0 atom stereocenters. The van der Waals surface area contributed by atoms with Crippen molar-refractivity contribution in [2.45, 2.75) is 33.1 Å². The number of hydrogen-bond acceptors (Lipinski definition) is 2. The van der Waals surface area contributed by atoms with Crippen molar-refractivity contribution in [3.63, 3.8) is 0 Å². The smallest absolute Gasteiger partial charge is 0.125 e. The SMILES string of the molecule is C#Cc1c(-c2ccccc2)cc(C(C)(C)C)cc1-c1nc(-c2cccc(C)c2)cs1. The van der Waals surface area contributed by atoms with Gasteiger partial charge in [-0.1, -0.05) is 80.8 Å². The summed E-state index contributed by atoms with van der Waals surface area (Å²) in [6.45, 7) is 8.80. The van der Waals surface area contributed by atoms with Gasteiger partial charge in [-0.2, -0.15) is 0 Å². The fraction of sp³-hybridized carbons (Fsp3) is 0.179. The van der Waals surface area contributed by atoms with Crippen molar-refractivity contribution >= 4 is 11.3 Å². The summed E-state index contributed by atoms with van der Waals surface area (Å²) in [5.41, 5.74) is 8.77. The first-order valence-corrected chi connectivity index (χ1v) is 11.0. The minimum Gasteiger partial charge on any atom is -0.236 e. The quantitative estimate of drug-likeness (QED) is 0.317.